The number of hydrogen-bond acceptors (Lipinski definition) is 4. The van der Waals surface area contributed by atoms with Crippen LogP contribution in [0.5, 0.6) is 11.5 Å². The molecule has 4 heteroatoms. The first-order valence-electron chi connectivity index (χ1n) is 8.18. The van der Waals surface area contributed by atoms with Crippen molar-refractivity contribution in [3.8, 4) is 11.5 Å². The third-order valence-electron chi connectivity index (χ3n) is 3.54. The molecule has 0 bridgehead atoms. The van der Waals surface area contributed by atoms with E-state index in [1.807, 2.05) is 18.2 Å². The Labute approximate surface area is 138 Å². The van der Waals surface area contributed by atoms with Gasteiger partial charge in [-0.2, -0.15) is 0 Å². The normalized spacial score (nSPS) is 14.0. The van der Waals surface area contributed by atoms with Crippen LogP contribution in [0.3, 0.4) is 0 Å². The van der Waals surface area contributed by atoms with Crippen LogP contribution in [-0.4, -0.2) is 25.8 Å². The summed E-state index contributed by atoms with van der Waals surface area (Å²) in [4.78, 5) is 11.7. The fourth-order valence-corrected chi connectivity index (χ4v) is 2.31. The maximum absolute atomic E-state index is 11.7. The molecule has 0 aliphatic carbocycles. The predicted octanol–water partition coefficient (Wildman–Crippen LogP) is 4.23. The number of carbonyl (C=O) groups excluding carboxylic acids is 1. The van der Waals surface area contributed by atoms with Gasteiger partial charge in [0.1, 0.15) is 13.2 Å². The maximum atomic E-state index is 11.7. The summed E-state index contributed by atoms with van der Waals surface area (Å²) in [5.41, 5.74) is 1.22. The molecule has 0 saturated carbocycles. The maximum Gasteiger partial charge on any atom is 0.330 e. The first-order valence-corrected chi connectivity index (χ1v) is 8.18. The number of hydrogen-bond donors (Lipinski definition) is 0. The second kappa shape index (κ2) is 8.04. The van der Waals surface area contributed by atoms with Crippen LogP contribution in [0.25, 0.3) is 6.08 Å². The Hall–Kier alpha value is -1.97. The summed E-state index contributed by atoms with van der Waals surface area (Å²) >= 11 is 0. The molecule has 0 fully saturated rings. The van der Waals surface area contributed by atoms with Crippen molar-refractivity contribution < 1.29 is 19.0 Å². The zero-order chi connectivity index (χ0) is 16.7. The van der Waals surface area contributed by atoms with E-state index in [1.54, 1.807) is 6.08 Å². The Bertz CT molecular complexity index is 555. The fourth-order valence-electron chi connectivity index (χ4n) is 2.31. The van der Waals surface area contributed by atoms with Crippen molar-refractivity contribution in [2.75, 3.05) is 19.8 Å². The summed E-state index contributed by atoms with van der Waals surface area (Å²) in [7, 11) is 0. The number of esters is 1. The Kier molecular flexibility index (Phi) is 6.08. The Morgan fingerprint density at radius 1 is 1.17 bits per heavy atom. The van der Waals surface area contributed by atoms with Crippen molar-refractivity contribution in [1.82, 2.24) is 0 Å². The number of benzene rings is 1. The van der Waals surface area contributed by atoms with Gasteiger partial charge in [0.25, 0.3) is 0 Å². The number of fused-ring (bicyclic) bond motifs is 1. The van der Waals surface area contributed by atoms with Crippen LogP contribution in [-0.2, 0) is 9.53 Å². The number of rotatable bonds is 6. The molecule has 0 spiro atoms. The summed E-state index contributed by atoms with van der Waals surface area (Å²) < 4.78 is 16.2. The predicted molar refractivity (Wildman–Crippen MR) is 90.7 cm³/mol. The van der Waals surface area contributed by atoms with Gasteiger partial charge < -0.3 is 14.2 Å². The van der Waals surface area contributed by atoms with Crippen molar-refractivity contribution in [1.29, 1.82) is 0 Å². The molecule has 126 valence electrons. The van der Waals surface area contributed by atoms with Crippen molar-refractivity contribution in [2.45, 2.75) is 40.0 Å². The molecular weight excluding hydrogens is 292 g/mol. The van der Waals surface area contributed by atoms with Gasteiger partial charge in [0.05, 0.1) is 6.61 Å². The largest absolute Gasteiger partial charge is 0.486 e. The number of unbranched alkanes of at least 4 members (excludes halogenated alkanes) is 1. The number of carbonyl (C=O) groups is 1. The van der Waals surface area contributed by atoms with E-state index in [0.29, 0.717) is 31.0 Å². The van der Waals surface area contributed by atoms with Gasteiger partial charge in [-0.05, 0) is 48.4 Å². The highest BCUT2D eigenvalue weighted by atomic mass is 16.6. The summed E-state index contributed by atoms with van der Waals surface area (Å²) in [6, 6.07) is 5.61. The van der Waals surface area contributed by atoms with Crippen LogP contribution in [0.15, 0.2) is 24.3 Å². The molecule has 0 unspecified atom stereocenters. The molecule has 1 aliphatic rings. The van der Waals surface area contributed by atoms with E-state index in [9.17, 15) is 4.79 Å². The van der Waals surface area contributed by atoms with Crippen molar-refractivity contribution in [3.05, 3.63) is 29.8 Å². The molecular formula is C19H26O4. The van der Waals surface area contributed by atoms with E-state index < -0.39 is 0 Å². The standard InChI is InChI=1S/C19H26O4/c1-19(2,3)10-4-5-11-23-18(20)9-7-15-6-8-16-17(14-15)22-13-12-21-16/h6-9,14H,4-5,10-13H2,1-3H3/b9-7+. The average Bonchev–Trinajstić information content (AvgIpc) is 2.51. The molecule has 0 aromatic heterocycles. The van der Waals surface area contributed by atoms with Gasteiger partial charge in [-0.1, -0.05) is 26.8 Å². The van der Waals surface area contributed by atoms with Crippen LogP contribution in [0.4, 0.5) is 0 Å². The lowest BCUT2D eigenvalue weighted by atomic mass is 9.90. The van der Waals surface area contributed by atoms with E-state index in [4.69, 9.17) is 14.2 Å². The van der Waals surface area contributed by atoms with E-state index in [1.165, 1.54) is 6.08 Å². The third kappa shape index (κ3) is 6.35. The lowest BCUT2D eigenvalue weighted by Crippen LogP contribution is -2.15. The minimum absolute atomic E-state index is 0.310. The molecule has 2 rings (SSSR count). The molecule has 1 aromatic carbocycles. The lowest BCUT2D eigenvalue weighted by Gasteiger charge is -2.18. The Morgan fingerprint density at radius 3 is 2.65 bits per heavy atom. The van der Waals surface area contributed by atoms with Gasteiger partial charge in [-0.3, -0.25) is 0 Å². The molecule has 1 aromatic rings. The van der Waals surface area contributed by atoms with Crippen LogP contribution in [0.1, 0.15) is 45.6 Å². The lowest BCUT2D eigenvalue weighted by molar-refractivity contribution is -0.137. The molecule has 1 aliphatic heterocycles. The highest BCUT2D eigenvalue weighted by Crippen LogP contribution is 2.31. The minimum Gasteiger partial charge on any atom is -0.486 e. The Morgan fingerprint density at radius 2 is 1.91 bits per heavy atom. The fraction of sp³-hybridized carbons (Fsp3) is 0.526. The van der Waals surface area contributed by atoms with Crippen molar-refractivity contribution in [3.63, 3.8) is 0 Å². The molecule has 0 atom stereocenters. The van der Waals surface area contributed by atoms with Crippen LogP contribution >= 0.6 is 0 Å². The third-order valence-corrected chi connectivity index (χ3v) is 3.54. The SMILES string of the molecule is CC(C)(C)CCCCOC(=O)/C=C/c1ccc2c(c1)OCCO2. The van der Waals surface area contributed by atoms with E-state index in [2.05, 4.69) is 20.8 Å². The average molecular weight is 318 g/mol. The monoisotopic (exact) mass is 318 g/mol. The summed E-state index contributed by atoms with van der Waals surface area (Å²) in [5, 5.41) is 0. The highest BCUT2D eigenvalue weighted by Gasteiger charge is 2.11. The first kappa shape index (κ1) is 17.4. The van der Waals surface area contributed by atoms with Gasteiger partial charge >= 0.3 is 5.97 Å². The zero-order valence-electron chi connectivity index (χ0n) is 14.3. The topological polar surface area (TPSA) is 44.8 Å². The smallest absolute Gasteiger partial charge is 0.330 e. The van der Waals surface area contributed by atoms with Gasteiger partial charge in [0.15, 0.2) is 11.5 Å². The molecule has 4 nitrogen and oxygen atoms in total. The second-order valence-corrected chi connectivity index (χ2v) is 6.92. The highest BCUT2D eigenvalue weighted by molar-refractivity contribution is 5.87. The van der Waals surface area contributed by atoms with Crippen LogP contribution in [0, 0.1) is 5.41 Å². The molecule has 1 heterocycles. The summed E-state index contributed by atoms with van der Waals surface area (Å²) in [6.45, 7) is 8.25. The van der Waals surface area contributed by atoms with E-state index >= 15 is 0 Å². The summed E-state index contributed by atoms with van der Waals surface area (Å²) in [5.74, 6) is 1.15. The van der Waals surface area contributed by atoms with Crippen LogP contribution in [0.2, 0.25) is 0 Å². The molecule has 0 radical (unpaired) electrons. The van der Waals surface area contributed by atoms with Gasteiger partial charge in [-0.15, -0.1) is 0 Å². The zero-order valence-corrected chi connectivity index (χ0v) is 14.3. The van der Waals surface area contributed by atoms with Gasteiger partial charge in [-0.25, -0.2) is 4.79 Å². The molecule has 0 amide bonds. The van der Waals surface area contributed by atoms with E-state index in [0.717, 1.165) is 30.6 Å². The molecule has 23 heavy (non-hydrogen) atoms. The Balaban J connectivity index is 1.73. The van der Waals surface area contributed by atoms with Crippen molar-refractivity contribution >= 4 is 12.0 Å². The van der Waals surface area contributed by atoms with Gasteiger partial charge in [0.2, 0.25) is 0 Å². The first-order chi connectivity index (χ1) is 10.9. The second-order valence-electron chi connectivity index (χ2n) is 6.92. The van der Waals surface area contributed by atoms with Gasteiger partial charge in [0, 0.05) is 6.08 Å². The van der Waals surface area contributed by atoms with Crippen molar-refractivity contribution in [2.24, 2.45) is 5.41 Å². The molecule has 0 saturated heterocycles. The molecule has 0 N–H and O–H groups in total. The van der Waals surface area contributed by atoms with Crippen LogP contribution < -0.4 is 9.47 Å². The summed E-state index contributed by atoms with van der Waals surface area (Å²) in [6.07, 6.45) is 6.30. The van der Waals surface area contributed by atoms with E-state index in [-0.39, 0.29) is 5.97 Å². The minimum atomic E-state index is -0.310. The number of ether oxygens (including phenoxy) is 3. The quantitative estimate of drug-likeness (QED) is 0.447.